The molecule has 2 heteroatoms. The Bertz CT molecular complexity index is 539. The second-order valence-corrected chi connectivity index (χ2v) is 6.57. The molecule has 24 heavy (non-hydrogen) atoms. The average Bonchev–Trinajstić information content (AvgIpc) is 2.64. The third kappa shape index (κ3) is 6.82. The van der Waals surface area contributed by atoms with E-state index in [1.54, 1.807) is 0 Å². The van der Waals surface area contributed by atoms with E-state index in [9.17, 15) is 0 Å². The quantitative estimate of drug-likeness (QED) is 0.493. The summed E-state index contributed by atoms with van der Waals surface area (Å²) in [5.74, 6) is 0. The van der Waals surface area contributed by atoms with Crippen molar-refractivity contribution in [1.82, 2.24) is 9.97 Å². The van der Waals surface area contributed by atoms with Gasteiger partial charge in [-0.1, -0.05) is 51.7 Å². The number of nitrogens with zero attached hydrogens (tertiary/aromatic N) is 2. The normalized spacial score (nSPS) is 10.9. The van der Waals surface area contributed by atoms with Gasteiger partial charge in [0.05, 0.1) is 0 Å². The Hall–Kier alpha value is -1.70. The van der Waals surface area contributed by atoms with Crippen LogP contribution in [-0.2, 0) is 25.7 Å². The lowest BCUT2D eigenvalue weighted by Gasteiger charge is -2.05. The first-order valence-electron chi connectivity index (χ1n) is 9.71. The van der Waals surface area contributed by atoms with Crippen molar-refractivity contribution in [1.29, 1.82) is 0 Å². The molecule has 0 aromatic carbocycles. The van der Waals surface area contributed by atoms with Crippen molar-refractivity contribution in [2.24, 2.45) is 0 Å². The summed E-state index contributed by atoms with van der Waals surface area (Å²) in [5.41, 5.74) is 4.95. The summed E-state index contributed by atoms with van der Waals surface area (Å²) >= 11 is 0. The van der Waals surface area contributed by atoms with Crippen LogP contribution in [0.4, 0.5) is 0 Å². The van der Waals surface area contributed by atoms with Crippen LogP contribution in [0.3, 0.4) is 0 Å². The molecule has 0 spiro atoms. The molecule has 0 aliphatic heterocycles. The maximum absolute atomic E-state index is 4.68. The lowest BCUT2D eigenvalue weighted by Crippen LogP contribution is -1.95. The monoisotopic (exact) mass is 324 g/mol. The fraction of sp³-hybridized carbons (Fsp3) is 0.545. The smallest absolute Gasteiger partial charge is 0.0406 e. The van der Waals surface area contributed by atoms with E-state index in [0.717, 1.165) is 25.7 Å². The van der Waals surface area contributed by atoms with Crippen LogP contribution in [0, 0.1) is 0 Å². The van der Waals surface area contributed by atoms with E-state index in [1.165, 1.54) is 61.3 Å². The van der Waals surface area contributed by atoms with Gasteiger partial charge in [-0.3, -0.25) is 9.97 Å². The Morgan fingerprint density at radius 3 is 1.33 bits per heavy atom. The fourth-order valence-corrected chi connectivity index (χ4v) is 3.05. The maximum Gasteiger partial charge on any atom is 0.0406 e. The molecule has 0 aliphatic carbocycles. The van der Waals surface area contributed by atoms with Crippen molar-refractivity contribution in [3.63, 3.8) is 0 Å². The van der Waals surface area contributed by atoms with Crippen molar-refractivity contribution in [2.75, 3.05) is 0 Å². The number of aromatic nitrogens is 2. The molecule has 0 amide bonds. The lowest BCUT2D eigenvalue weighted by atomic mass is 10.1. The summed E-state index contributed by atoms with van der Waals surface area (Å²) in [6.07, 6.45) is 12.2. The minimum Gasteiger partial charge on any atom is -0.258 e. The number of rotatable bonds is 11. The molecule has 0 aliphatic rings. The Balaban J connectivity index is 1.52. The summed E-state index contributed by atoms with van der Waals surface area (Å²) in [4.78, 5) is 9.36. The molecule has 0 atom stereocenters. The van der Waals surface area contributed by atoms with Gasteiger partial charge in [0.25, 0.3) is 0 Å². The standard InChI is InChI=1S/C22H32N2/c1-3-19-15-11-17-21(23-19)13-9-7-5-6-8-10-14-22-18-12-16-20(4-2)24-22/h11-12,15-18H,3-10,13-14H2,1-2H3. The molecular weight excluding hydrogens is 292 g/mol. The lowest BCUT2D eigenvalue weighted by molar-refractivity contribution is 0.589. The van der Waals surface area contributed by atoms with Gasteiger partial charge in [-0.2, -0.15) is 0 Å². The molecule has 0 N–H and O–H groups in total. The zero-order chi connectivity index (χ0) is 17.0. The van der Waals surface area contributed by atoms with Gasteiger partial charge in [0, 0.05) is 22.8 Å². The predicted molar refractivity (Wildman–Crippen MR) is 102 cm³/mol. The fourth-order valence-electron chi connectivity index (χ4n) is 3.05. The first kappa shape index (κ1) is 18.6. The van der Waals surface area contributed by atoms with Crippen LogP contribution in [0.2, 0.25) is 0 Å². The summed E-state index contributed by atoms with van der Waals surface area (Å²) in [7, 11) is 0. The molecule has 2 nitrogen and oxygen atoms in total. The van der Waals surface area contributed by atoms with Crippen LogP contribution in [0.5, 0.6) is 0 Å². The van der Waals surface area contributed by atoms with E-state index in [0.29, 0.717) is 0 Å². The molecular formula is C22H32N2. The first-order chi connectivity index (χ1) is 11.8. The van der Waals surface area contributed by atoms with E-state index >= 15 is 0 Å². The Kier molecular flexibility index (Phi) is 8.51. The molecule has 2 rings (SSSR count). The van der Waals surface area contributed by atoms with E-state index in [2.05, 4.69) is 60.2 Å². The minimum atomic E-state index is 1.03. The number of hydrogen-bond donors (Lipinski definition) is 0. The highest BCUT2D eigenvalue weighted by molar-refractivity contribution is 5.12. The largest absolute Gasteiger partial charge is 0.258 e. The van der Waals surface area contributed by atoms with E-state index in [4.69, 9.17) is 0 Å². The highest BCUT2D eigenvalue weighted by atomic mass is 14.7. The summed E-state index contributed by atoms with van der Waals surface area (Å²) < 4.78 is 0. The van der Waals surface area contributed by atoms with Crippen molar-refractivity contribution in [3.05, 3.63) is 59.2 Å². The van der Waals surface area contributed by atoms with Crippen LogP contribution in [0.15, 0.2) is 36.4 Å². The summed E-state index contributed by atoms with van der Waals surface area (Å²) in [6, 6.07) is 12.8. The molecule has 0 unspecified atom stereocenters. The number of hydrogen-bond acceptors (Lipinski definition) is 2. The van der Waals surface area contributed by atoms with Crippen molar-refractivity contribution < 1.29 is 0 Å². The van der Waals surface area contributed by atoms with Gasteiger partial charge in [0.1, 0.15) is 0 Å². The Labute approximate surface area is 147 Å². The highest BCUT2D eigenvalue weighted by Gasteiger charge is 1.99. The van der Waals surface area contributed by atoms with E-state index in [-0.39, 0.29) is 0 Å². The van der Waals surface area contributed by atoms with Gasteiger partial charge < -0.3 is 0 Å². The molecule has 0 fully saturated rings. The van der Waals surface area contributed by atoms with Crippen LogP contribution in [0.25, 0.3) is 0 Å². The second-order valence-electron chi connectivity index (χ2n) is 6.57. The Morgan fingerprint density at radius 2 is 0.917 bits per heavy atom. The molecule has 0 saturated heterocycles. The van der Waals surface area contributed by atoms with Crippen LogP contribution in [0.1, 0.15) is 75.1 Å². The highest BCUT2D eigenvalue weighted by Crippen LogP contribution is 2.11. The predicted octanol–water partition coefficient (Wildman–Crippen LogP) is 5.73. The summed E-state index contributed by atoms with van der Waals surface area (Å²) in [5, 5.41) is 0. The van der Waals surface area contributed by atoms with Crippen LogP contribution < -0.4 is 0 Å². The van der Waals surface area contributed by atoms with Crippen LogP contribution in [-0.4, -0.2) is 9.97 Å². The van der Waals surface area contributed by atoms with Crippen molar-refractivity contribution in [3.8, 4) is 0 Å². The molecule has 0 bridgehead atoms. The maximum atomic E-state index is 4.68. The van der Waals surface area contributed by atoms with E-state index < -0.39 is 0 Å². The van der Waals surface area contributed by atoms with Gasteiger partial charge in [0.15, 0.2) is 0 Å². The van der Waals surface area contributed by atoms with Gasteiger partial charge >= 0.3 is 0 Å². The molecule has 0 radical (unpaired) electrons. The topological polar surface area (TPSA) is 25.8 Å². The van der Waals surface area contributed by atoms with Crippen molar-refractivity contribution in [2.45, 2.75) is 78.1 Å². The first-order valence-corrected chi connectivity index (χ1v) is 9.71. The van der Waals surface area contributed by atoms with Crippen LogP contribution >= 0.6 is 0 Å². The molecule has 2 aromatic heterocycles. The number of pyridine rings is 2. The van der Waals surface area contributed by atoms with Gasteiger partial charge in [0.2, 0.25) is 0 Å². The third-order valence-corrected chi connectivity index (χ3v) is 4.57. The minimum absolute atomic E-state index is 1.03. The molecule has 2 heterocycles. The van der Waals surface area contributed by atoms with Gasteiger partial charge in [-0.15, -0.1) is 0 Å². The number of unbranched alkanes of at least 4 members (excludes halogenated alkanes) is 5. The molecule has 130 valence electrons. The SMILES string of the molecule is CCc1cccc(CCCCCCCCc2cccc(CC)n2)n1. The average molecular weight is 325 g/mol. The van der Waals surface area contributed by atoms with Gasteiger partial charge in [-0.05, 0) is 62.8 Å². The molecule has 2 aromatic rings. The zero-order valence-corrected chi connectivity index (χ0v) is 15.4. The van der Waals surface area contributed by atoms with Gasteiger partial charge in [-0.25, -0.2) is 0 Å². The van der Waals surface area contributed by atoms with E-state index in [1.807, 2.05) is 0 Å². The summed E-state index contributed by atoms with van der Waals surface area (Å²) in [6.45, 7) is 4.33. The second kappa shape index (κ2) is 11.0. The van der Waals surface area contributed by atoms with Crippen molar-refractivity contribution >= 4 is 0 Å². The zero-order valence-electron chi connectivity index (χ0n) is 15.4. The Morgan fingerprint density at radius 1 is 0.542 bits per heavy atom. The molecule has 0 saturated carbocycles. The number of aryl methyl sites for hydroxylation is 4. The third-order valence-electron chi connectivity index (χ3n) is 4.57.